The monoisotopic (exact) mass is 539 g/mol. The second-order valence-corrected chi connectivity index (χ2v) is 9.68. The van der Waals surface area contributed by atoms with E-state index in [1.54, 1.807) is 36.0 Å². The van der Waals surface area contributed by atoms with E-state index in [2.05, 4.69) is 37.4 Å². The first-order valence-electron chi connectivity index (χ1n) is 10.6. The van der Waals surface area contributed by atoms with Crippen molar-refractivity contribution < 1.29 is 28.2 Å². The lowest BCUT2D eigenvalue weighted by molar-refractivity contribution is -0.192. The van der Waals surface area contributed by atoms with Crippen LogP contribution in [0.1, 0.15) is 12.8 Å². The molecule has 0 saturated carbocycles. The summed E-state index contributed by atoms with van der Waals surface area (Å²) in [7, 11) is 2.11. The van der Waals surface area contributed by atoms with E-state index in [9.17, 15) is 18.3 Å². The summed E-state index contributed by atoms with van der Waals surface area (Å²) in [4.78, 5) is 26.8. The van der Waals surface area contributed by atoms with Crippen molar-refractivity contribution in [3.05, 3.63) is 30.7 Å². The first-order valence-corrected chi connectivity index (χ1v) is 12.2. The lowest BCUT2D eigenvalue weighted by Gasteiger charge is -2.31. The van der Waals surface area contributed by atoms with Gasteiger partial charge in [0.2, 0.25) is 0 Å². The quantitative estimate of drug-likeness (QED) is 0.351. The second kappa shape index (κ2) is 10.7. The first-order chi connectivity index (χ1) is 17.1. The zero-order chi connectivity index (χ0) is 25.9. The number of pyridine rings is 1. The third-order valence-corrected chi connectivity index (χ3v) is 7.48. The number of aromatic nitrogens is 5. The SMILES string of the molecule is CN(c1nc2sc(-c3ncc(-c4ccnnc4)cc3O)nc2s1)C1CCNCC1.O=C(O)C(F)(F)F. The van der Waals surface area contributed by atoms with Crippen molar-refractivity contribution in [1.29, 1.82) is 0 Å². The Morgan fingerprint density at radius 1 is 1.11 bits per heavy atom. The molecule has 36 heavy (non-hydrogen) atoms. The molecule has 0 radical (unpaired) electrons. The third kappa shape index (κ3) is 5.85. The number of alkyl halides is 3. The Balaban J connectivity index is 0.000000384. The second-order valence-electron chi connectivity index (χ2n) is 7.74. The van der Waals surface area contributed by atoms with Gasteiger partial charge in [-0.25, -0.2) is 19.7 Å². The van der Waals surface area contributed by atoms with E-state index in [1.807, 2.05) is 6.07 Å². The first kappa shape index (κ1) is 25.7. The number of anilines is 1. The number of fused-ring (bicyclic) bond motifs is 1. The Labute approximate surface area is 210 Å². The molecule has 0 amide bonds. The van der Waals surface area contributed by atoms with Crippen LogP contribution in [0.5, 0.6) is 5.75 Å². The predicted molar refractivity (Wildman–Crippen MR) is 129 cm³/mol. The molecule has 0 aliphatic carbocycles. The number of carbonyl (C=O) groups is 1. The predicted octanol–water partition coefficient (Wildman–Crippen LogP) is 3.80. The highest BCUT2D eigenvalue weighted by atomic mass is 32.1. The lowest BCUT2D eigenvalue weighted by atomic mass is 10.1. The minimum absolute atomic E-state index is 0.0905. The number of aromatic hydroxyl groups is 1. The number of rotatable bonds is 4. The van der Waals surface area contributed by atoms with Crippen LogP contribution in [0.25, 0.3) is 31.5 Å². The number of hydrogen-bond donors (Lipinski definition) is 3. The maximum absolute atomic E-state index is 10.6. The van der Waals surface area contributed by atoms with Gasteiger partial charge in [0.25, 0.3) is 0 Å². The van der Waals surface area contributed by atoms with Crippen molar-refractivity contribution in [1.82, 2.24) is 30.5 Å². The van der Waals surface area contributed by atoms with Crippen molar-refractivity contribution in [3.8, 4) is 27.6 Å². The highest BCUT2D eigenvalue weighted by Crippen LogP contribution is 2.39. The molecule has 15 heteroatoms. The van der Waals surface area contributed by atoms with Gasteiger partial charge in [0, 0.05) is 30.4 Å². The van der Waals surface area contributed by atoms with E-state index in [0.717, 1.165) is 51.9 Å². The minimum Gasteiger partial charge on any atom is -0.506 e. The van der Waals surface area contributed by atoms with E-state index >= 15 is 0 Å². The van der Waals surface area contributed by atoms with Gasteiger partial charge in [-0.2, -0.15) is 23.4 Å². The molecule has 5 rings (SSSR count). The molecule has 4 aromatic rings. The highest BCUT2D eigenvalue weighted by Gasteiger charge is 2.38. The van der Waals surface area contributed by atoms with Crippen LogP contribution in [0.15, 0.2) is 30.7 Å². The van der Waals surface area contributed by atoms with Gasteiger partial charge in [-0.1, -0.05) is 22.7 Å². The molecular weight excluding hydrogens is 519 g/mol. The van der Waals surface area contributed by atoms with Crippen LogP contribution >= 0.6 is 22.7 Å². The Bertz CT molecular complexity index is 1310. The summed E-state index contributed by atoms with van der Waals surface area (Å²) in [5, 5.41) is 30.3. The summed E-state index contributed by atoms with van der Waals surface area (Å²) in [5.41, 5.74) is 2.10. The van der Waals surface area contributed by atoms with Gasteiger partial charge < -0.3 is 20.4 Å². The number of piperidine rings is 1. The number of halogens is 3. The van der Waals surface area contributed by atoms with E-state index < -0.39 is 12.1 Å². The van der Waals surface area contributed by atoms with Crippen LogP contribution in [0.4, 0.5) is 18.3 Å². The van der Waals surface area contributed by atoms with Crippen LogP contribution < -0.4 is 10.2 Å². The van der Waals surface area contributed by atoms with Crippen molar-refractivity contribution in [2.24, 2.45) is 0 Å². The lowest BCUT2D eigenvalue weighted by Crippen LogP contribution is -2.41. The van der Waals surface area contributed by atoms with E-state index in [0.29, 0.717) is 16.7 Å². The van der Waals surface area contributed by atoms with Crippen molar-refractivity contribution in [2.45, 2.75) is 25.1 Å². The highest BCUT2D eigenvalue weighted by molar-refractivity contribution is 7.29. The van der Waals surface area contributed by atoms with Crippen LogP contribution in [0.3, 0.4) is 0 Å². The van der Waals surface area contributed by atoms with Gasteiger partial charge in [0.15, 0.2) is 14.8 Å². The topological polar surface area (TPSA) is 137 Å². The maximum Gasteiger partial charge on any atom is 0.490 e. The molecule has 1 saturated heterocycles. The third-order valence-electron chi connectivity index (χ3n) is 5.35. The van der Waals surface area contributed by atoms with Crippen molar-refractivity contribution >= 4 is 43.4 Å². The fourth-order valence-corrected chi connectivity index (χ4v) is 5.55. The molecule has 3 N–H and O–H groups in total. The van der Waals surface area contributed by atoms with Gasteiger partial charge in [-0.15, -0.1) is 0 Å². The molecule has 10 nitrogen and oxygen atoms in total. The maximum atomic E-state index is 10.6. The number of carboxylic acids is 1. The van der Waals surface area contributed by atoms with Crippen LogP contribution in [-0.2, 0) is 4.79 Å². The molecule has 4 aromatic heterocycles. The van der Waals surface area contributed by atoms with Gasteiger partial charge in [0.05, 0.1) is 12.4 Å². The molecule has 0 unspecified atom stereocenters. The molecular formula is C21H20F3N7O3S2. The molecule has 0 bridgehead atoms. The van der Waals surface area contributed by atoms with Crippen molar-refractivity contribution in [2.75, 3.05) is 25.0 Å². The molecule has 0 spiro atoms. The molecule has 1 aliphatic rings. The summed E-state index contributed by atoms with van der Waals surface area (Å²) >= 11 is 3.04. The fourth-order valence-electron chi connectivity index (χ4n) is 3.47. The van der Waals surface area contributed by atoms with E-state index in [-0.39, 0.29) is 5.75 Å². The van der Waals surface area contributed by atoms with Gasteiger partial charge in [0.1, 0.15) is 16.5 Å². The fraction of sp³-hybridized carbons (Fsp3) is 0.333. The van der Waals surface area contributed by atoms with E-state index in [1.165, 1.54) is 11.3 Å². The van der Waals surface area contributed by atoms with Gasteiger partial charge in [-0.3, -0.25) is 0 Å². The Hall–Kier alpha value is -3.43. The smallest absolute Gasteiger partial charge is 0.490 e. The van der Waals surface area contributed by atoms with Crippen molar-refractivity contribution in [3.63, 3.8) is 0 Å². The average molecular weight is 540 g/mol. The number of aliphatic carboxylic acids is 1. The van der Waals surface area contributed by atoms with Crippen LogP contribution in [-0.4, -0.2) is 73.7 Å². The largest absolute Gasteiger partial charge is 0.506 e. The zero-order valence-electron chi connectivity index (χ0n) is 18.7. The minimum atomic E-state index is -5.08. The average Bonchev–Trinajstić information content (AvgIpc) is 3.44. The molecule has 0 atom stereocenters. The summed E-state index contributed by atoms with van der Waals surface area (Å²) in [6.45, 7) is 2.10. The number of hydrogen-bond acceptors (Lipinski definition) is 11. The molecule has 1 fully saturated rings. The number of nitrogens with one attached hydrogen (secondary N) is 1. The Kier molecular flexibility index (Phi) is 7.61. The zero-order valence-corrected chi connectivity index (χ0v) is 20.4. The van der Waals surface area contributed by atoms with E-state index in [4.69, 9.17) is 14.9 Å². The van der Waals surface area contributed by atoms with Gasteiger partial charge in [-0.05, 0) is 38.1 Å². The molecule has 5 heterocycles. The number of thiazole rings is 2. The number of carboxylic acid groups (broad SMARTS) is 1. The summed E-state index contributed by atoms with van der Waals surface area (Å²) < 4.78 is 31.7. The number of nitrogens with zero attached hydrogens (tertiary/aromatic N) is 6. The normalized spacial score (nSPS) is 14.3. The molecule has 1 aliphatic heterocycles. The summed E-state index contributed by atoms with van der Waals surface area (Å²) in [6.07, 6.45) is 2.13. The Morgan fingerprint density at radius 2 is 1.81 bits per heavy atom. The van der Waals surface area contributed by atoms with Crippen LogP contribution in [0.2, 0.25) is 0 Å². The summed E-state index contributed by atoms with van der Waals surface area (Å²) in [6, 6.07) is 4.02. The molecule has 0 aromatic carbocycles. The summed E-state index contributed by atoms with van der Waals surface area (Å²) in [5.74, 6) is -2.67. The molecule has 190 valence electrons. The van der Waals surface area contributed by atoms with Crippen LogP contribution in [0, 0.1) is 0 Å². The standard InChI is InChI=1S/C19H19N7OS2.C2HF3O2/c1-26(13-3-5-20-6-4-13)19-25-18-17(29-19)24-16(28-18)15-14(27)8-12(9-21-15)11-2-7-22-23-10-11;3-2(4,5)1(6)7/h2,7-10,13,20,27H,3-6H2,1H3;(H,6,7). The van der Waals surface area contributed by atoms with Gasteiger partial charge >= 0.3 is 12.1 Å². The Morgan fingerprint density at radius 3 is 2.39 bits per heavy atom.